The molecule has 0 unspecified atom stereocenters. The Bertz CT molecular complexity index is 295. The standard InChI is InChI=1S/C8H15N3S/c1-4-6(5-2)7-9-10-8(12)11(7)3/h6H,4-5H2,1-3H3,(H,10,12). The summed E-state index contributed by atoms with van der Waals surface area (Å²) in [5.74, 6) is 1.60. The summed E-state index contributed by atoms with van der Waals surface area (Å²) in [6.07, 6.45) is 2.23. The Morgan fingerprint density at radius 3 is 2.42 bits per heavy atom. The molecule has 1 rings (SSSR count). The predicted octanol–water partition coefficient (Wildman–Crippen LogP) is 2.38. The van der Waals surface area contributed by atoms with E-state index >= 15 is 0 Å². The summed E-state index contributed by atoms with van der Waals surface area (Å²) in [4.78, 5) is 0. The van der Waals surface area contributed by atoms with E-state index in [0.29, 0.717) is 10.7 Å². The molecule has 4 heteroatoms. The van der Waals surface area contributed by atoms with Gasteiger partial charge in [-0.3, -0.25) is 5.10 Å². The maximum Gasteiger partial charge on any atom is 0.194 e. The summed E-state index contributed by atoms with van der Waals surface area (Å²) in [5, 5.41) is 7.00. The summed E-state index contributed by atoms with van der Waals surface area (Å²) in [6, 6.07) is 0. The van der Waals surface area contributed by atoms with Gasteiger partial charge in [0.05, 0.1) is 0 Å². The van der Waals surface area contributed by atoms with Crippen LogP contribution in [0.2, 0.25) is 0 Å². The van der Waals surface area contributed by atoms with Crippen molar-refractivity contribution >= 4 is 12.2 Å². The molecule has 1 heterocycles. The molecule has 0 aromatic carbocycles. The molecule has 0 aliphatic rings. The fourth-order valence-corrected chi connectivity index (χ4v) is 1.52. The molecular formula is C8H15N3S. The summed E-state index contributed by atoms with van der Waals surface area (Å²) < 4.78 is 2.66. The molecule has 68 valence electrons. The first-order chi connectivity index (χ1) is 5.70. The van der Waals surface area contributed by atoms with Crippen LogP contribution in [0.5, 0.6) is 0 Å². The topological polar surface area (TPSA) is 33.6 Å². The molecule has 0 saturated heterocycles. The van der Waals surface area contributed by atoms with Crippen LogP contribution in [0.1, 0.15) is 38.4 Å². The van der Waals surface area contributed by atoms with Crippen LogP contribution < -0.4 is 0 Å². The van der Waals surface area contributed by atoms with Crippen molar-refractivity contribution in [3.63, 3.8) is 0 Å². The Hall–Kier alpha value is -0.640. The van der Waals surface area contributed by atoms with E-state index in [0.717, 1.165) is 18.7 Å². The highest BCUT2D eigenvalue weighted by Crippen LogP contribution is 2.19. The minimum atomic E-state index is 0.531. The predicted molar refractivity (Wildman–Crippen MR) is 51.7 cm³/mol. The maximum atomic E-state index is 5.03. The van der Waals surface area contributed by atoms with Gasteiger partial charge in [-0.1, -0.05) is 13.8 Å². The first kappa shape index (κ1) is 9.45. The van der Waals surface area contributed by atoms with Crippen LogP contribution in [0, 0.1) is 4.77 Å². The molecule has 0 radical (unpaired) electrons. The van der Waals surface area contributed by atoms with E-state index in [1.54, 1.807) is 0 Å². The summed E-state index contributed by atoms with van der Waals surface area (Å²) in [7, 11) is 1.96. The zero-order valence-corrected chi connectivity index (χ0v) is 8.61. The summed E-state index contributed by atoms with van der Waals surface area (Å²) in [5.41, 5.74) is 0. The van der Waals surface area contributed by atoms with Gasteiger partial charge in [-0.05, 0) is 25.1 Å². The monoisotopic (exact) mass is 185 g/mol. The lowest BCUT2D eigenvalue weighted by atomic mass is 10.0. The van der Waals surface area contributed by atoms with Gasteiger partial charge < -0.3 is 4.57 Å². The minimum absolute atomic E-state index is 0.531. The van der Waals surface area contributed by atoms with E-state index in [-0.39, 0.29) is 0 Å². The number of hydrogen-bond acceptors (Lipinski definition) is 2. The number of nitrogens with one attached hydrogen (secondary N) is 1. The molecular weight excluding hydrogens is 170 g/mol. The molecule has 0 bridgehead atoms. The SMILES string of the molecule is CCC(CC)c1n[nH]c(=S)n1C. The highest BCUT2D eigenvalue weighted by Gasteiger charge is 2.12. The Morgan fingerprint density at radius 2 is 2.08 bits per heavy atom. The fraction of sp³-hybridized carbons (Fsp3) is 0.750. The van der Waals surface area contributed by atoms with E-state index < -0.39 is 0 Å². The Morgan fingerprint density at radius 1 is 1.50 bits per heavy atom. The number of hydrogen-bond donors (Lipinski definition) is 1. The van der Waals surface area contributed by atoms with Crippen molar-refractivity contribution in [1.29, 1.82) is 0 Å². The average molecular weight is 185 g/mol. The van der Waals surface area contributed by atoms with Gasteiger partial charge in [0.2, 0.25) is 0 Å². The lowest BCUT2D eigenvalue weighted by Crippen LogP contribution is -2.04. The number of H-pyrrole nitrogens is 1. The van der Waals surface area contributed by atoms with Gasteiger partial charge in [-0.2, -0.15) is 5.10 Å². The van der Waals surface area contributed by atoms with Crippen LogP contribution in [0.4, 0.5) is 0 Å². The van der Waals surface area contributed by atoms with E-state index in [4.69, 9.17) is 12.2 Å². The van der Waals surface area contributed by atoms with Crippen molar-refractivity contribution in [1.82, 2.24) is 14.8 Å². The molecule has 1 aromatic rings. The largest absolute Gasteiger partial charge is 0.307 e. The minimum Gasteiger partial charge on any atom is -0.307 e. The highest BCUT2D eigenvalue weighted by molar-refractivity contribution is 7.71. The second kappa shape index (κ2) is 3.85. The number of aromatic nitrogens is 3. The lowest BCUT2D eigenvalue weighted by molar-refractivity contribution is 0.575. The first-order valence-electron chi connectivity index (χ1n) is 4.32. The molecule has 0 fully saturated rings. The van der Waals surface area contributed by atoms with Crippen LogP contribution in [0.3, 0.4) is 0 Å². The van der Waals surface area contributed by atoms with Crippen LogP contribution in [0.15, 0.2) is 0 Å². The fourth-order valence-electron chi connectivity index (χ4n) is 1.38. The van der Waals surface area contributed by atoms with Crippen molar-refractivity contribution in [2.45, 2.75) is 32.6 Å². The third-order valence-electron chi connectivity index (χ3n) is 2.27. The second-order valence-corrected chi connectivity index (χ2v) is 3.35. The van der Waals surface area contributed by atoms with Gasteiger partial charge in [0.15, 0.2) is 4.77 Å². The van der Waals surface area contributed by atoms with E-state index in [9.17, 15) is 0 Å². The third kappa shape index (κ3) is 1.58. The van der Waals surface area contributed by atoms with Crippen molar-refractivity contribution in [3.05, 3.63) is 10.6 Å². The Labute approximate surface area is 77.8 Å². The molecule has 1 aromatic heterocycles. The number of rotatable bonds is 3. The van der Waals surface area contributed by atoms with Crippen molar-refractivity contribution in [3.8, 4) is 0 Å². The van der Waals surface area contributed by atoms with Gasteiger partial charge in [-0.15, -0.1) is 0 Å². The summed E-state index contributed by atoms with van der Waals surface area (Å²) >= 11 is 5.03. The Balaban J connectivity index is 3.01. The van der Waals surface area contributed by atoms with Crippen molar-refractivity contribution in [2.75, 3.05) is 0 Å². The normalized spacial score (nSPS) is 11.0. The second-order valence-electron chi connectivity index (χ2n) is 2.96. The van der Waals surface area contributed by atoms with Crippen LogP contribution in [-0.2, 0) is 7.05 Å². The molecule has 0 aliphatic heterocycles. The van der Waals surface area contributed by atoms with E-state index in [1.807, 2.05) is 11.6 Å². The molecule has 0 spiro atoms. The molecule has 0 amide bonds. The van der Waals surface area contributed by atoms with Gasteiger partial charge in [0.1, 0.15) is 5.82 Å². The molecule has 3 nitrogen and oxygen atoms in total. The molecule has 12 heavy (non-hydrogen) atoms. The molecule has 0 atom stereocenters. The smallest absolute Gasteiger partial charge is 0.194 e. The first-order valence-corrected chi connectivity index (χ1v) is 4.72. The summed E-state index contributed by atoms with van der Waals surface area (Å²) in [6.45, 7) is 4.35. The van der Waals surface area contributed by atoms with Gasteiger partial charge in [0, 0.05) is 13.0 Å². The zero-order chi connectivity index (χ0) is 9.14. The number of nitrogens with zero attached hydrogens (tertiary/aromatic N) is 2. The van der Waals surface area contributed by atoms with Crippen molar-refractivity contribution in [2.24, 2.45) is 7.05 Å². The molecule has 0 saturated carbocycles. The van der Waals surface area contributed by atoms with Gasteiger partial charge in [-0.25, -0.2) is 0 Å². The van der Waals surface area contributed by atoms with Crippen LogP contribution in [-0.4, -0.2) is 14.8 Å². The quantitative estimate of drug-likeness (QED) is 0.733. The molecule has 0 aliphatic carbocycles. The van der Waals surface area contributed by atoms with Gasteiger partial charge >= 0.3 is 0 Å². The third-order valence-corrected chi connectivity index (χ3v) is 2.63. The Kier molecular flexibility index (Phi) is 3.03. The molecule has 1 N–H and O–H groups in total. The van der Waals surface area contributed by atoms with Crippen LogP contribution >= 0.6 is 12.2 Å². The average Bonchev–Trinajstić information content (AvgIpc) is 2.38. The number of aromatic amines is 1. The van der Waals surface area contributed by atoms with Crippen LogP contribution in [0.25, 0.3) is 0 Å². The maximum absolute atomic E-state index is 5.03. The van der Waals surface area contributed by atoms with Crippen molar-refractivity contribution < 1.29 is 0 Å². The zero-order valence-electron chi connectivity index (χ0n) is 7.79. The van der Waals surface area contributed by atoms with Gasteiger partial charge in [0.25, 0.3) is 0 Å². The van der Waals surface area contributed by atoms with E-state index in [1.165, 1.54) is 0 Å². The lowest BCUT2D eigenvalue weighted by Gasteiger charge is -2.09. The highest BCUT2D eigenvalue weighted by atomic mass is 32.1. The van der Waals surface area contributed by atoms with E-state index in [2.05, 4.69) is 24.0 Å².